The van der Waals surface area contributed by atoms with Crippen molar-refractivity contribution in [1.82, 2.24) is 5.32 Å². The average molecular weight is 746 g/mol. The third kappa shape index (κ3) is 9.13. The average Bonchev–Trinajstić information content (AvgIpc) is 3.42. The summed E-state index contributed by atoms with van der Waals surface area (Å²) < 4.78 is 9.79. The van der Waals surface area contributed by atoms with E-state index in [1.54, 1.807) is 41.7 Å². The summed E-state index contributed by atoms with van der Waals surface area (Å²) in [7, 11) is 0. The number of anilines is 1. The highest BCUT2D eigenvalue weighted by molar-refractivity contribution is 8.01. The minimum atomic E-state index is -3.76. The van der Waals surface area contributed by atoms with Gasteiger partial charge < -0.3 is 56.3 Å². The van der Waals surface area contributed by atoms with Gasteiger partial charge in [-0.2, -0.15) is 0 Å². The Morgan fingerprint density at radius 3 is 2.13 bits per heavy atom. The molecule has 1 aliphatic heterocycles. The lowest BCUT2D eigenvalue weighted by Gasteiger charge is -2.35. The number of rotatable bonds is 12. The van der Waals surface area contributed by atoms with Crippen molar-refractivity contribution in [1.29, 1.82) is 0 Å². The van der Waals surface area contributed by atoms with Gasteiger partial charge in [0.25, 0.3) is 5.79 Å². The molecule has 0 radical (unpaired) electrons. The fourth-order valence-corrected chi connectivity index (χ4v) is 6.75. The minimum absolute atomic E-state index is 0.0521. The zero-order valence-electron chi connectivity index (χ0n) is 27.9. The maximum Gasteiger partial charge on any atom is 0.453 e. The lowest BCUT2D eigenvalue weighted by molar-refractivity contribution is -0.419. The molecule has 0 bridgehead atoms. The molecule has 4 aromatic carbocycles. The van der Waals surface area contributed by atoms with Crippen molar-refractivity contribution in [2.24, 2.45) is 5.73 Å². The molecule has 10 N–H and O–H groups in total. The van der Waals surface area contributed by atoms with Gasteiger partial charge in [0.15, 0.2) is 11.5 Å². The Morgan fingerprint density at radius 1 is 0.849 bits per heavy atom. The Hall–Kier alpha value is -5.48. The van der Waals surface area contributed by atoms with Crippen LogP contribution in [0.3, 0.4) is 0 Å². The van der Waals surface area contributed by atoms with Crippen molar-refractivity contribution in [2.75, 3.05) is 11.5 Å². The van der Waals surface area contributed by atoms with Crippen LogP contribution in [0.1, 0.15) is 51.3 Å². The molecule has 276 valence electrons. The van der Waals surface area contributed by atoms with E-state index in [0.717, 1.165) is 35.5 Å². The molecule has 0 aliphatic carbocycles. The first kappa shape index (κ1) is 38.7. The molecule has 0 spiro atoms. The quantitative estimate of drug-likeness (QED) is 0.0716. The number of carbonyl (C=O) groups is 3. The number of nitrogens with zero attached hydrogens (tertiary/aromatic N) is 1. The van der Waals surface area contributed by atoms with Gasteiger partial charge in [0.1, 0.15) is 5.37 Å². The Labute approximate surface area is 306 Å². The van der Waals surface area contributed by atoms with E-state index < -0.39 is 63.9 Å². The van der Waals surface area contributed by atoms with E-state index >= 15 is 0 Å². The summed E-state index contributed by atoms with van der Waals surface area (Å²) in [4.78, 5) is 40.5. The summed E-state index contributed by atoms with van der Waals surface area (Å²) in [5.41, 5.74) is 7.43. The van der Waals surface area contributed by atoms with Crippen LogP contribution in [0.15, 0.2) is 97.1 Å². The maximum atomic E-state index is 13.9. The SMILES string of the molecule is CCOc1cc(C(O)(O)C(O)(O)NC(=O)CC2SC(c3ccc(C#Cc4ccccc4)cc3)N(c3cccc(C(N)=O)c3)C2=O)ccc1OC(O)(O)O. The standard InChI is InChI=1S/C37H35N3O12S/c1-2-51-29-20-26(17-18-28(29)52-37(48,49)50)35(44,45)36(46,47)39-31(41)21-30-33(43)40(27-10-6-9-25(19-27)32(38)42)34(53-30)24-15-13-23(14-16-24)12-11-22-7-4-3-5-8-22/h3-10,13-20,30,34,44-50H,2,21H2,1H3,(H2,38,42)(H,39,41). The third-order valence-electron chi connectivity index (χ3n) is 7.83. The van der Waals surface area contributed by atoms with Gasteiger partial charge in [0.05, 0.1) is 11.9 Å². The summed E-state index contributed by atoms with van der Waals surface area (Å²) >= 11 is 1.06. The Balaban J connectivity index is 1.38. The number of hydrogen-bond acceptors (Lipinski definition) is 13. The second-order valence-electron chi connectivity index (χ2n) is 11.7. The number of nitrogens with two attached hydrogens (primary N) is 1. The molecule has 1 saturated heterocycles. The number of carbonyl (C=O) groups excluding carboxylic acids is 3. The summed E-state index contributed by atoms with van der Waals surface area (Å²) in [6, 6.07) is 25.1. The van der Waals surface area contributed by atoms with Crippen molar-refractivity contribution in [3.8, 4) is 23.3 Å². The van der Waals surface area contributed by atoms with Crippen LogP contribution in [-0.4, -0.2) is 77.4 Å². The molecule has 2 unspecified atom stereocenters. The van der Waals surface area contributed by atoms with E-state index in [1.165, 1.54) is 24.0 Å². The van der Waals surface area contributed by atoms with E-state index in [9.17, 15) is 50.1 Å². The van der Waals surface area contributed by atoms with E-state index in [0.29, 0.717) is 16.8 Å². The van der Waals surface area contributed by atoms with Gasteiger partial charge >= 0.3 is 12.1 Å². The second kappa shape index (κ2) is 15.6. The van der Waals surface area contributed by atoms with Crippen LogP contribution in [0.2, 0.25) is 0 Å². The van der Waals surface area contributed by atoms with Crippen LogP contribution < -0.4 is 25.4 Å². The van der Waals surface area contributed by atoms with Crippen LogP contribution in [0.4, 0.5) is 5.69 Å². The first-order chi connectivity index (χ1) is 25.0. The number of aliphatic hydroxyl groups is 7. The smallest absolute Gasteiger partial charge is 0.453 e. The second-order valence-corrected chi connectivity index (χ2v) is 13.0. The molecule has 2 atom stereocenters. The van der Waals surface area contributed by atoms with Gasteiger partial charge in [-0.15, -0.1) is 11.8 Å². The number of thioether (sulfide) groups is 1. The first-order valence-corrected chi connectivity index (χ1v) is 16.8. The van der Waals surface area contributed by atoms with Gasteiger partial charge in [-0.05, 0) is 73.2 Å². The summed E-state index contributed by atoms with van der Waals surface area (Å²) in [5, 5.41) is 70.6. The van der Waals surface area contributed by atoms with Gasteiger partial charge in [-0.25, -0.2) is 0 Å². The molecule has 16 heteroatoms. The highest BCUT2D eigenvalue weighted by atomic mass is 32.2. The van der Waals surface area contributed by atoms with E-state index in [1.807, 2.05) is 30.3 Å². The molecule has 1 heterocycles. The third-order valence-corrected chi connectivity index (χ3v) is 9.27. The van der Waals surface area contributed by atoms with Crippen LogP contribution >= 0.6 is 11.8 Å². The highest BCUT2D eigenvalue weighted by Gasteiger charge is 2.52. The number of benzene rings is 4. The van der Waals surface area contributed by atoms with Crippen molar-refractivity contribution in [3.63, 3.8) is 0 Å². The van der Waals surface area contributed by atoms with Crippen molar-refractivity contribution < 1.29 is 59.6 Å². The van der Waals surface area contributed by atoms with Crippen molar-refractivity contribution >= 4 is 35.2 Å². The molecule has 0 saturated carbocycles. The van der Waals surface area contributed by atoms with Crippen LogP contribution in [0.25, 0.3) is 0 Å². The van der Waals surface area contributed by atoms with E-state index in [2.05, 4.69) is 16.6 Å². The molecule has 53 heavy (non-hydrogen) atoms. The molecule has 15 nitrogen and oxygen atoms in total. The Bertz CT molecular complexity index is 2040. The molecule has 4 aromatic rings. The first-order valence-electron chi connectivity index (χ1n) is 15.9. The maximum absolute atomic E-state index is 13.9. The molecule has 0 aromatic heterocycles. The number of primary amides is 1. The molecule has 5 rings (SSSR count). The minimum Gasteiger partial charge on any atom is -0.490 e. The molecule has 3 amide bonds. The largest absolute Gasteiger partial charge is 0.490 e. The van der Waals surface area contributed by atoms with E-state index in [4.69, 9.17) is 10.5 Å². The molecule has 1 aliphatic rings. The molecular weight excluding hydrogens is 710 g/mol. The number of hydrogen-bond donors (Lipinski definition) is 9. The molecular formula is C37H35N3O12S. The predicted molar refractivity (Wildman–Crippen MR) is 189 cm³/mol. The number of ether oxygens (including phenoxy) is 2. The molecule has 1 fully saturated rings. The van der Waals surface area contributed by atoms with Crippen LogP contribution in [0.5, 0.6) is 11.5 Å². The topological polar surface area (TPSA) is 253 Å². The summed E-state index contributed by atoms with van der Waals surface area (Å²) in [6.07, 6.45) is -4.28. The monoisotopic (exact) mass is 745 g/mol. The van der Waals surface area contributed by atoms with Gasteiger partial charge in [-0.3, -0.25) is 19.3 Å². The van der Waals surface area contributed by atoms with Crippen LogP contribution in [0, 0.1) is 11.8 Å². The fourth-order valence-electron chi connectivity index (χ4n) is 5.30. The normalized spacial score (nSPS) is 16.1. The van der Waals surface area contributed by atoms with Gasteiger partial charge in [0, 0.05) is 34.4 Å². The fraction of sp³-hybridized carbons (Fsp3) is 0.216. The Kier molecular flexibility index (Phi) is 11.4. The van der Waals surface area contributed by atoms with Crippen molar-refractivity contribution in [2.45, 2.75) is 41.8 Å². The van der Waals surface area contributed by atoms with Gasteiger partial charge in [0.2, 0.25) is 17.7 Å². The van der Waals surface area contributed by atoms with Gasteiger partial charge in [-0.1, -0.05) is 48.2 Å². The van der Waals surface area contributed by atoms with Crippen LogP contribution in [-0.2, 0) is 15.4 Å². The number of amides is 3. The van der Waals surface area contributed by atoms with Crippen molar-refractivity contribution in [3.05, 3.63) is 125 Å². The highest BCUT2D eigenvalue weighted by Crippen LogP contribution is 2.47. The lowest BCUT2D eigenvalue weighted by atomic mass is 10.0. The zero-order chi connectivity index (χ0) is 38.6. The lowest BCUT2D eigenvalue weighted by Crippen LogP contribution is -2.63. The Morgan fingerprint density at radius 2 is 1.51 bits per heavy atom. The summed E-state index contributed by atoms with van der Waals surface area (Å²) in [6.45, 7) is 1.47. The van der Waals surface area contributed by atoms with E-state index in [-0.39, 0.29) is 17.9 Å². The number of nitrogens with one attached hydrogen (secondary N) is 1. The zero-order valence-corrected chi connectivity index (χ0v) is 28.7. The summed E-state index contributed by atoms with van der Waals surface area (Å²) in [5.74, 6) is -4.55. The predicted octanol–water partition coefficient (Wildman–Crippen LogP) is 0.680.